The van der Waals surface area contributed by atoms with E-state index in [0.717, 1.165) is 11.3 Å². The molecule has 0 heterocycles. The summed E-state index contributed by atoms with van der Waals surface area (Å²) in [6.07, 6.45) is -0.728. The zero-order valence-electron chi connectivity index (χ0n) is 14.4. The molecule has 0 saturated heterocycles. The van der Waals surface area contributed by atoms with Crippen molar-refractivity contribution in [3.8, 4) is 11.5 Å². The predicted molar refractivity (Wildman–Crippen MR) is 94.9 cm³/mol. The molecule has 1 atom stereocenters. The Morgan fingerprint density at radius 1 is 1.04 bits per heavy atom. The highest BCUT2D eigenvalue weighted by Gasteiger charge is 2.06. The van der Waals surface area contributed by atoms with Gasteiger partial charge in [-0.1, -0.05) is 12.1 Å². The molecule has 6 heteroatoms. The highest BCUT2D eigenvalue weighted by molar-refractivity contribution is 5.88. The smallest absolute Gasteiger partial charge is 0.221 e. The van der Waals surface area contributed by atoms with Crippen LogP contribution in [0.5, 0.6) is 11.5 Å². The first-order chi connectivity index (χ1) is 12.1. The number of carbonyl (C=O) groups is 1. The number of hydrogen-bond acceptors (Lipinski definition) is 5. The van der Waals surface area contributed by atoms with Crippen molar-refractivity contribution < 1.29 is 24.1 Å². The van der Waals surface area contributed by atoms with E-state index < -0.39 is 6.10 Å². The van der Waals surface area contributed by atoms with E-state index in [1.165, 1.54) is 6.92 Å². The van der Waals surface area contributed by atoms with Crippen molar-refractivity contribution in [3.05, 3.63) is 54.1 Å². The van der Waals surface area contributed by atoms with Crippen LogP contribution in [0.1, 0.15) is 12.5 Å². The summed E-state index contributed by atoms with van der Waals surface area (Å²) in [5.41, 5.74) is 1.70. The van der Waals surface area contributed by atoms with E-state index in [9.17, 15) is 9.90 Å². The molecule has 0 aliphatic heterocycles. The number of nitrogens with one attached hydrogen (secondary N) is 1. The van der Waals surface area contributed by atoms with Crippen LogP contribution in [-0.2, 0) is 16.1 Å². The molecule has 6 nitrogen and oxygen atoms in total. The summed E-state index contributed by atoms with van der Waals surface area (Å²) < 4.78 is 16.1. The number of amides is 1. The lowest BCUT2D eigenvalue weighted by atomic mass is 10.2. The van der Waals surface area contributed by atoms with E-state index in [-0.39, 0.29) is 19.1 Å². The Labute approximate surface area is 147 Å². The zero-order chi connectivity index (χ0) is 18.1. The summed E-state index contributed by atoms with van der Waals surface area (Å²) in [5.74, 6) is 1.28. The molecule has 2 N–H and O–H groups in total. The summed E-state index contributed by atoms with van der Waals surface area (Å²) >= 11 is 0. The fourth-order valence-electron chi connectivity index (χ4n) is 2.11. The molecule has 134 valence electrons. The SMILES string of the molecule is COc1ccc(COC[C@H](O)COc2ccc(NC(C)=O)cc2)cc1. The third-order valence-electron chi connectivity index (χ3n) is 3.36. The fourth-order valence-corrected chi connectivity index (χ4v) is 2.11. The molecule has 0 aromatic heterocycles. The first-order valence-electron chi connectivity index (χ1n) is 7.96. The van der Waals surface area contributed by atoms with Crippen LogP contribution in [0.15, 0.2) is 48.5 Å². The maximum Gasteiger partial charge on any atom is 0.221 e. The van der Waals surface area contributed by atoms with E-state index in [0.29, 0.717) is 18.0 Å². The van der Waals surface area contributed by atoms with E-state index in [2.05, 4.69) is 5.32 Å². The largest absolute Gasteiger partial charge is 0.497 e. The van der Waals surface area contributed by atoms with E-state index in [1.807, 2.05) is 24.3 Å². The Kier molecular flexibility index (Phi) is 7.25. The third-order valence-corrected chi connectivity index (χ3v) is 3.36. The highest BCUT2D eigenvalue weighted by atomic mass is 16.5. The predicted octanol–water partition coefficient (Wildman–Crippen LogP) is 2.61. The van der Waals surface area contributed by atoms with Gasteiger partial charge in [0, 0.05) is 12.6 Å². The molecule has 0 bridgehead atoms. The van der Waals surface area contributed by atoms with Gasteiger partial charge in [0.1, 0.15) is 24.2 Å². The van der Waals surface area contributed by atoms with Crippen molar-refractivity contribution in [1.29, 1.82) is 0 Å². The van der Waals surface area contributed by atoms with Gasteiger partial charge < -0.3 is 24.6 Å². The van der Waals surface area contributed by atoms with Gasteiger partial charge in [0.25, 0.3) is 0 Å². The van der Waals surface area contributed by atoms with Crippen molar-refractivity contribution in [2.75, 3.05) is 25.6 Å². The second-order valence-electron chi connectivity index (χ2n) is 5.53. The van der Waals surface area contributed by atoms with Gasteiger partial charge in [0.05, 0.1) is 20.3 Å². The highest BCUT2D eigenvalue weighted by Crippen LogP contribution is 2.16. The van der Waals surface area contributed by atoms with Crippen molar-refractivity contribution in [2.45, 2.75) is 19.6 Å². The molecule has 0 unspecified atom stereocenters. The molecule has 2 rings (SSSR count). The maximum atomic E-state index is 11.0. The van der Waals surface area contributed by atoms with Crippen LogP contribution in [0, 0.1) is 0 Å². The minimum Gasteiger partial charge on any atom is -0.497 e. The van der Waals surface area contributed by atoms with Gasteiger partial charge in [-0.25, -0.2) is 0 Å². The molecule has 0 saturated carbocycles. The van der Waals surface area contributed by atoms with Crippen LogP contribution in [-0.4, -0.2) is 37.4 Å². The summed E-state index contributed by atoms with van der Waals surface area (Å²) in [4.78, 5) is 11.0. The third kappa shape index (κ3) is 6.82. The molecular weight excluding hydrogens is 322 g/mol. The minimum atomic E-state index is -0.728. The number of carbonyl (C=O) groups excluding carboxylic acids is 1. The van der Waals surface area contributed by atoms with Crippen LogP contribution < -0.4 is 14.8 Å². The molecule has 2 aromatic carbocycles. The van der Waals surface area contributed by atoms with Crippen molar-refractivity contribution in [2.24, 2.45) is 0 Å². The Morgan fingerprint density at radius 2 is 1.68 bits per heavy atom. The molecule has 1 amide bonds. The Morgan fingerprint density at radius 3 is 2.28 bits per heavy atom. The molecule has 0 fully saturated rings. The average molecular weight is 345 g/mol. The summed E-state index contributed by atoms with van der Waals surface area (Å²) in [6, 6.07) is 14.5. The molecule has 0 aliphatic carbocycles. The van der Waals surface area contributed by atoms with Gasteiger partial charge >= 0.3 is 0 Å². The van der Waals surface area contributed by atoms with Crippen molar-refractivity contribution >= 4 is 11.6 Å². The lowest BCUT2D eigenvalue weighted by molar-refractivity contribution is -0.114. The maximum absolute atomic E-state index is 11.0. The van der Waals surface area contributed by atoms with E-state index in [1.54, 1.807) is 31.4 Å². The zero-order valence-corrected chi connectivity index (χ0v) is 14.4. The van der Waals surface area contributed by atoms with E-state index >= 15 is 0 Å². The van der Waals surface area contributed by atoms with E-state index in [4.69, 9.17) is 14.2 Å². The number of benzene rings is 2. The normalized spacial score (nSPS) is 11.6. The summed E-state index contributed by atoms with van der Waals surface area (Å²) in [6.45, 7) is 2.16. The number of anilines is 1. The summed E-state index contributed by atoms with van der Waals surface area (Å²) in [7, 11) is 1.62. The molecule has 2 aromatic rings. The van der Waals surface area contributed by atoms with Gasteiger partial charge in [-0.3, -0.25) is 4.79 Å². The van der Waals surface area contributed by atoms with Gasteiger partial charge in [0.15, 0.2) is 0 Å². The first-order valence-corrected chi connectivity index (χ1v) is 7.96. The van der Waals surface area contributed by atoms with Crippen LogP contribution in [0.3, 0.4) is 0 Å². The number of rotatable bonds is 9. The second kappa shape index (κ2) is 9.66. The number of methoxy groups -OCH3 is 1. The Bertz CT molecular complexity index is 655. The first kappa shape index (κ1) is 18.8. The van der Waals surface area contributed by atoms with Gasteiger partial charge in [-0.2, -0.15) is 0 Å². The number of aliphatic hydroxyl groups is 1. The fraction of sp³-hybridized carbons (Fsp3) is 0.316. The van der Waals surface area contributed by atoms with Gasteiger partial charge in [0.2, 0.25) is 5.91 Å². The lowest BCUT2D eigenvalue weighted by Crippen LogP contribution is -2.23. The minimum absolute atomic E-state index is 0.127. The topological polar surface area (TPSA) is 77.0 Å². The van der Waals surface area contributed by atoms with Crippen molar-refractivity contribution in [3.63, 3.8) is 0 Å². The van der Waals surface area contributed by atoms with Crippen LogP contribution >= 0.6 is 0 Å². The molecule has 0 spiro atoms. The lowest BCUT2D eigenvalue weighted by Gasteiger charge is -2.13. The Hall–Kier alpha value is -2.57. The number of hydrogen-bond donors (Lipinski definition) is 2. The van der Waals surface area contributed by atoms with Crippen LogP contribution in [0.4, 0.5) is 5.69 Å². The monoisotopic (exact) mass is 345 g/mol. The van der Waals surface area contributed by atoms with Crippen LogP contribution in [0.25, 0.3) is 0 Å². The molecular formula is C19H23NO5. The van der Waals surface area contributed by atoms with Crippen molar-refractivity contribution in [1.82, 2.24) is 0 Å². The molecule has 25 heavy (non-hydrogen) atoms. The Balaban J connectivity index is 1.67. The number of aliphatic hydroxyl groups excluding tert-OH is 1. The van der Waals surface area contributed by atoms with Gasteiger partial charge in [-0.05, 0) is 42.0 Å². The average Bonchev–Trinajstić information content (AvgIpc) is 2.61. The molecule has 0 aliphatic rings. The quantitative estimate of drug-likeness (QED) is 0.730. The number of ether oxygens (including phenoxy) is 3. The summed E-state index contributed by atoms with van der Waals surface area (Å²) in [5, 5.41) is 12.6. The van der Waals surface area contributed by atoms with Gasteiger partial charge in [-0.15, -0.1) is 0 Å². The molecule has 0 radical (unpaired) electrons. The van der Waals surface area contributed by atoms with Crippen LogP contribution in [0.2, 0.25) is 0 Å². The standard InChI is InChI=1S/C19H23NO5/c1-14(21)20-16-5-9-19(10-6-16)25-13-17(22)12-24-11-15-3-7-18(23-2)8-4-15/h3-10,17,22H,11-13H2,1-2H3,(H,20,21)/t17-/m0/s1. The second-order valence-corrected chi connectivity index (χ2v) is 5.53.